The summed E-state index contributed by atoms with van der Waals surface area (Å²) in [6.45, 7) is 8.14. The molecule has 2 fully saturated rings. The van der Waals surface area contributed by atoms with Crippen molar-refractivity contribution in [1.82, 2.24) is 4.90 Å². The molecule has 0 radical (unpaired) electrons. The van der Waals surface area contributed by atoms with E-state index in [9.17, 15) is 4.79 Å². The topological polar surface area (TPSA) is 46.3 Å². The molecule has 1 atom stereocenters. The summed E-state index contributed by atoms with van der Waals surface area (Å²) in [6.07, 6.45) is 3.30. The van der Waals surface area contributed by atoms with Crippen molar-refractivity contribution in [2.24, 2.45) is 11.7 Å². The van der Waals surface area contributed by atoms with Gasteiger partial charge in [0.2, 0.25) is 5.91 Å². The van der Waals surface area contributed by atoms with Crippen LogP contribution in [0.5, 0.6) is 0 Å². The first-order valence-electron chi connectivity index (χ1n) is 6.55. The second kappa shape index (κ2) is 4.47. The highest BCUT2D eigenvalue weighted by Gasteiger charge is 2.46. The lowest BCUT2D eigenvalue weighted by atomic mass is 9.95. The number of nitrogens with zero attached hydrogens (tertiary/aromatic N) is 1. The van der Waals surface area contributed by atoms with Crippen LogP contribution in [0, 0.1) is 5.92 Å². The van der Waals surface area contributed by atoms with Crippen LogP contribution in [0.3, 0.4) is 0 Å². The Balaban J connectivity index is 2.00. The fourth-order valence-corrected chi connectivity index (χ4v) is 3.52. The second-order valence-electron chi connectivity index (χ2n) is 6.21. The summed E-state index contributed by atoms with van der Waals surface area (Å²) in [5, 5.41) is 0. The quantitative estimate of drug-likeness (QED) is 0.820. The minimum absolute atomic E-state index is 0.165. The highest BCUT2D eigenvalue weighted by atomic mass is 32.2. The van der Waals surface area contributed by atoms with Gasteiger partial charge in [-0.1, -0.05) is 13.8 Å². The van der Waals surface area contributed by atoms with E-state index in [2.05, 4.69) is 13.8 Å². The maximum absolute atomic E-state index is 12.5. The third-order valence-corrected chi connectivity index (χ3v) is 5.38. The zero-order valence-electron chi connectivity index (χ0n) is 11.2. The van der Waals surface area contributed by atoms with Crippen molar-refractivity contribution in [3.05, 3.63) is 0 Å². The third-order valence-electron chi connectivity index (χ3n) is 4.01. The molecule has 3 nitrogen and oxygen atoms in total. The monoisotopic (exact) mass is 256 g/mol. The first-order valence-corrected chi connectivity index (χ1v) is 7.54. The summed E-state index contributed by atoms with van der Waals surface area (Å²) in [5.74, 6) is 1.61. The molecule has 2 aliphatic rings. The Kier molecular flexibility index (Phi) is 3.47. The van der Waals surface area contributed by atoms with Crippen molar-refractivity contribution >= 4 is 17.7 Å². The van der Waals surface area contributed by atoms with Gasteiger partial charge in [0.1, 0.15) is 0 Å². The van der Waals surface area contributed by atoms with Gasteiger partial charge in [0, 0.05) is 23.6 Å². The number of thioether (sulfide) groups is 1. The zero-order valence-corrected chi connectivity index (χ0v) is 12.0. The summed E-state index contributed by atoms with van der Waals surface area (Å²) in [6, 6.07) is 0. The fourth-order valence-electron chi connectivity index (χ4n) is 2.42. The first kappa shape index (κ1) is 13.2. The number of nitrogens with two attached hydrogens (primary N) is 1. The van der Waals surface area contributed by atoms with Crippen molar-refractivity contribution in [3.63, 3.8) is 0 Å². The highest BCUT2D eigenvalue weighted by molar-refractivity contribution is 8.00. The lowest BCUT2D eigenvalue weighted by molar-refractivity contribution is -0.137. The van der Waals surface area contributed by atoms with Crippen LogP contribution in [0.15, 0.2) is 0 Å². The molecule has 1 aliphatic carbocycles. The number of amides is 1. The Morgan fingerprint density at radius 2 is 2.06 bits per heavy atom. The predicted octanol–water partition coefficient (Wildman–Crippen LogP) is 1.86. The van der Waals surface area contributed by atoms with E-state index in [4.69, 9.17) is 5.73 Å². The Morgan fingerprint density at radius 3 is 2.65 bits per heavy atom. The molecule has 4 heteroatoms. The van der Waals surface area contributed by atoms with Crippen LogP contribution in [-0.4, -0.2) is 39.9 Å². The molecule has 1 amide bonds. The minimum Gasteiger partial charge on any atom is -0.340 e. The van der Waals surface area contributed by atoms with Crippen LogP contribution >= 0.6 is 11.8 Å². The molecule has 1 unspecified atom stereocenters. The molecule has 17 heavy (non-hydrogen) atoms. The molecular weight excluding hydrogens is 232 g/mol. The van der Waals surface area contributed by atoms with Crippen LogP contribution in [0.2, 0.25) is 0 Å². The smallest absolute Gasteiger partial charge is 0.242 e. The van der Waals surface area contributed by atoms with E-state index >= 15 is 0 Å². The van der Waals surface area contributed by atoms with Crippen LogP contribution < -0.4 is 5.73 Å². The van der Waals surface area contributed by atoms with Crippen molar-refractivity contribution in [3.8, 4) is 0 Å². The van der Waals surface area contributed by atoms with Crippen LogP contribution in [0.1, 0.15) is 40.0 Å². The lowest BCUT2D eigenvalue weighted by Gasteiger charge is -2.31. The summed E-state index contributed by atoms with van der Waals surface area (Å²) in [7, 11) is 0. The van der Waals surface area contributed by atoms with Gasteiger partial charge >= 0.3 is 0 Å². The Labute approximate surface area is 108 Å². The SMILES string of the molecule is CC1(C)CCN(C(=O)C(C)(N)C2CC2)CCS1. The van der Waals surface area contributed by atoms with E-state index in [0.29, 0.717) is 10.7 Å². The van der Waals surface area contributed by atoms with Crippen molar-refractivity contribution in [2.75, 3.05) is 18.8 Å². The average molecular weight is 256 g/mol. The van der Waals surface area contributed by atoms with E-state index in [0.717, 1.165) is 38.1 Å². The van der Waals surface area contributed by atoms with Gasteiger partial charge < -0.3 is 10.6 Å². The average Bonchev–Trinajstić information content (AvgIpc) is 3.03. The largest absolute Gasteiger partial charge is 0.340 e. The molecule has 1 aliphatic heterocycles. The van der Waals surface area contributed by atoms with Gasteiger partial charge in [0.05, 0.1) is 5.54 Å². The zero-order chi connectivity index (χ0) is 12.7. The minimum atomic E-state index is -0.626. The van der Waals surface area contributed by atoms with E-state index in [1.165, 1.54) is 0 Å². The van der Waals surface area contributed by atoms with E-state index in [1.54, 1.807) is 0 Å². The van der Waals surface area contributed by atoms with Crippen LogP contribution in [0.4, 0.5) is 0 Å². The molecule has 0 aromatic carbocycles. The molecule has 0 bridgehead atoms. The van der Waals surface area contributed by atoms with Gasteiger partial charge in [-0.05, 0) is 32.1 Å². The maximum Gasteiger partial charge on any atom is 0.242 e. The van der Waals surface area contributed by atoms with Gasteiger partial charge in [-0.2, -0.15) is 11.8 Å². The molecular formula is C13H24N2OS. The Morgan fingerprint density at radius 1 is 1.41 bits per heavy atom. The van der Waals surface area contributed by atoms with Gasteiger partial charge in [0.15, 0.2) is 0 Å². The molecule has 1 saturated carbocycles. The van der Waals surface area contributed by atoms with Crippen molar-refractivity contribution in [1.29, 1.82) is 0 Å². The molecule has 0 aromatic heterocycles. The molecule has 2 N–H and O–H groups in total. The summed E-state index contributed by atoms with van der Waals surface area (Å²) in [4.78, 5) is 14.4. The van der Waals surface area contributed by atoms with Crippen molar-refractivity contribution in [2.45, 2.75) is 50.3 Å². The molecule has 1 heterocycles. The highest BCUT2D eigenvalue weighted by Crippen LogP contribution is 2.39. The third kappa shape index (κ3) is 2.97. The van der Waals surface area contributed by atoms with Crippen molar-refractivity contribution < 1.29 is 4.79 Å². The Hall–Kier alpha value is -0.220. The summed E-state index contributed by atoms with van der Waals surface area (Å²) in [5.41, 5.74) is 5.59. The molecule has 0 aromatic rings. The van der Waals surface area contributed by atoms with Gasteiger partial charge in [-0.15, -0.1) is 0 Å². The van der Waals surface area contributed by atoms with Crippen LogP contribution in [-0.2, 0) is 4.79 Å². The van der Waals surface area contributed by atoms with Crippen LogP contribution in [0.25, 0.3) is 0 Å². The number of hydrogen-bond donors (Lipinski definition) is 1. The van der Waals surface area contributed by atoms with E-state index < -0.39 is 5.54 Å². The summed E-state index contributed by atoms with van der Waals surface area (Å²) >= 11 is 1.96. The summed E-state index contributed by atoms with van der Waals surface area (Å²) < 4.78 is 0.291. The van der Waals surface area contributed by atoms with Gasteiger partial charge in [0.25, 0.3) is 0 Å². The number of hydrogen-bond acceptors (Lipinski definition) is 3. The fraction of sp³-hybridized carbons (Fsp3) is 0.923. The number of carbonyl (C=O) groups excluding carboxylic acids is 1. The number of rotatable bonds is 2. The van der Waals surface area contributed by atoms with E-state index in [1.807, 2.05) is 23.6 Å². The van der Waals surface area contributed by atoms with E-state index in [-0.39, 0.29) is 5.91 Å². The molecule has 98 valence electrons. The normalized spacial score (nSPS) is 28.4. The molecule has 0 spiro atoms. The number of carbonyl (C=O) groups is 1. The standard InChI is InChI=1S/C13H24N2OS/c1-12(2)6-7-15(8-9-17-12)11(16)13(3,14)10-4-5-10/h10H,4-9,14H2,1-3H3. The van der Waals surface area contributed by atoms with Gasteiger partial charge in [-0.3, -0.25) is 4.79 Å². The molecule has 1 saturated heterocycles. The second-order valence-corrected chi connectivity index (χ2v) is 8.01. The van der Waals surface area contributed by atoms with Gasteiger partial charge in [-0.25, -0.2) is 0 Å². The maximum atomic E-state index is 12.5. The Bertz CT molecular complexity index is 311. The predicted molar refractivity (Wildman–Crippen MR) is 73.1 cm³/mol. The first-order chi connectivity index (χ1) is 7.83. The molecule has 2 rings (SSSR count). The lowest BCUT2D eigenvalue weighted by Crippen LogP contribution is -2.55.